The molecule has 0 spiro atoms. The Hall–Kier alpha value is -2.89. The van der Waals surface area contributed by atoms with Gasteiger partial charge in [0, 0.05) is 5.71 Å². The molecular weight excluding hydrogens is 315 g/mol. The number of amides is 3. The number of hydrogen-bond donors (Lipinski definition) is 1. The van der Waals surface area contributed by atoms with Gasteiger partial charge in [0.1, 0.15) is 5.92 Å². The first-order chi connectivity index (χ1) is 10.7. The molecule has 1 heterocycles. The third-order valence-electron chi connectivity index (χ3n) is 3.42. The van der Waals surface area contributed by atoms with Gasteiger partial charge in [0.15, 0.2) is 0 Å². The Balaban J connectivity index is 2.62. The van der Waals surface area contributed by atoms with Crippen LogP contribution >= 0.6 is 0 Å². The fourth-order valence-electron chi connectivity index (χ4n) is 2.38. The molecule has 0 bridgehead atoms. The SMILES string of the molecule is CC1=NC(=O)N(C(=O)O)C(c2cccc(C(F)(F)F)c2)C1C#N. The molecule has 0 aliphatic carbocycles. The van der Waals surface area contributed by atoms with Gasteiger partial charge in [0.05, 0.1) is 17.7 Å². The maximum atomic E-state index is 12.8. The summed E-state index contributed by atoms with van der Waals surface area (Å²) in [5, 5.41) is 18.4. The van der Waals surface area contributed by atoms with Crippen molar-refractivity contribution in [1.29, 1.82) is 5.26 Å². The zero-order chi connectivity index (χ0) is 17.4. The first-order valence-corrected chi connectivity index (χ1v) is 6.35. The first-order valence-electron chi connectivity index (χ1n) is 6.35. The summed E-state index contributed by atoms with van der Waals surface area (Å²) in [6.45, 7) is 1.35. The number of nitriles is 1. The zero-order valence-electron chi connectivity index (χ0n) is 11.7. The molecule has 2 atom stereocenters. The number of aliphatic imine (C=N–C) groups is 1. The van der Waals surface area contributed by atoms with Crippen LogP contribution in [-0.2, 0) is 6.18 Å². The molecule has 1 aliphatic heterocycles. The number of rotatable bonds is 1. The van der Waals surface area contributed by atoms with Crippen molar-refractivity contribution < 1.29 is 27.9 Å². The smallest absolute Gasteiger partial charge is 0.416 e. The van der Waals surface area contributed by atoms with E-state index in [0.29, 0.717) is 0 Å². The molecule has 1 aromatic carbocycles. The van der Waals surface area contributed by atoms with Crippen LogP contribution in [0.2, 0.25) is 0 Å². The number of imide groups is 1. The summed E-state index contributed by atoms with van der Waals surface area (Å²) in [5.41, 5.74) is -1.04. The van der Waals surface area contributed by atoms with Crippen LogP contribution in [0.15, 0.2) is 29.3 Å². The average Bonchev–Trinajstić information content (AvgIpc) is 2.45. The van der Waals surface area contributed by atoms with Crippen molar-refractivity contribution in [2.24, 2.45) is 10.9 Å². The number of nitrogens with zero attached hydrogens (tertiary/aromatic N) is 3. The van der Waals surface area contributed by atoms with Crippen LogP contribution in [0.5, 0.6) is 0 Å². The molecule has 0 aromatic heterocycles. The van der Waals surface area contributed by atoms with Crippen molar-refractivity contribution in [3.8, 4) is 6.07 Å². The van der Waals surface area contributed by atoms with E-state index in [1.807, 2.05) is 0 Å². The predicted molar refractivity (Wildman–Crippen MR) is 71.7 cm³/mol. The number of alkyl halides is 3. The summed E-state index contributed by atoms with van der Waals surface area (Å²) >= 11 is 0. The fourth-order valence-corrected chi connectivity index (χ4v) is 2.38. The highest BCUT2D eigenvalue weighted by atomic mass is 19.4. The molecule has 2 unspecified atom stereocenters. The lowest BCUT2D eigenvalue weighted by Crippen LogP contribution is -2.46. The number of benzene rings is 1. The van der Waals surface area contributed by atoms with E-state index < -0.39 is 35.8 Å². The van der Waals surface area contributed by atoms with Crippen LogP contribution in [0.1, 0.15) is 24.1 Å². The highest BCUT2D eigenvalue weighted by Crippen LogP contribution is 2.37. The summed E-state index contributed by atoms with van der Waals surface area (Å²) in [7, 11) is 0. The van der Waals surface area contributed by atoms with E-state index in [0.717, 1.165) is 18.2 Å². The van der Waals surface area contributed by atoms with E-state index in [2.05, 4.69) is 4.99 Å². The van der Waals surface area contributed by atoms with Gasteiger partial charge in [-0.1, -0.05) is 12.1 Å². The molecule has 1 N–H and O–H groups in total. The predicted octanol–water partition coefficient (Wildman–Crippen LogP) is 3.46. The Morgan fingerprint density at radius 2 is 2.09 bits per heavy atom. The maximum Gasteiger partial charge on any atom is 0.416 e. The second kappa shape index (κ2) is 5.72. The minimum absolute atomic E-state index is 0.0532. The Labute approximate surface area is 128 Å². The van der Waals surface area contributed by atoms with Crippen molar-refractivity contribution in [1.82, 2.24) is 4.90 Å². The molecule has 0 saturated carbocycles. The van der Waals surface area contributed by atoms with Gasteiger partial charge in [-0.05, 0) is 24.6 Å². The molecule has 2 rings (SSSR count). The van der Waals surface area contributed by atoms with E-state index in [4.69, 9.17) is 0 Å². The molecule has 9 heteroatoms. The lowest BCUT2D eigenvalue weighted by Gasteiger charge is -2.33. The summed E-state index contributed by atoms with van der Waals surface area (Å²) in [6, 6.07) is 3.17. The quantitative estimate of drug-likeness (QED) is 0.855. The third kappa shape index (κ3) is 3.01. The lowest BCUT2D eigenvalue weighted by atomic mass is 9.87. The van der Waals surface area contributed by atoms with Gasteiger partial charge in [0.2, 0.25) is 0 Å². The average molecular weight is 325 g/mol. The topological polar surface area (TPSA) is 93.8 Å². The van der Waals surface area contributed by atoms with Gasteiger partial charge in [-0.15, -0.1) is 0 Å². The number of carbonyl (C=O) groups is 2. The van der Waals surface area contributed by atoms with Crippen LogP contribution in [0.4, 0.5) is 22.8 Å². The Morgan fingerprint density at radius 1 is 1.43 bits per heavy atom. The Bertz CT molecular complexity index is 737. The number of hydrogen-bond acceptors (Lipinski definition) is 3. The van der Waals surface area contributed by atoms with Crippen molar-refractivity contribution in [3.63, 3.8) is 0 Å². The number of urea groups is 1. The van der Waals surface area contributed by atoms with Crippen molar-refractivity contribution in [3.05, 3.63) is 35.4 Å². The number of halogens is 3. The highest BCUT2D eigenvalue weighted by Gasteiger charge is 2.42. The van der Waals surface area contributed by atoms with E-state index >= 15 is 0 Å². The van der Waals surface area contributed by atoms with E-state index in [9.17, 15) is 33.1 Å². The van der Waals surface area contributed by atoms with Crippen molar-refractivity contribution >= 4 is 17.8 Å². The summed E-state index contributed by atoms with van der Waals surface area (Å²) in [4.78, 5) is 26.8. The van der Waals surface area contributed by atoms with Gasteiger partial charge in [0.25, 0.3) is 0 Å². The Morgan fingerprint density at radius 3 is 2.61 bits per heavy atom. The molecule has 120 valence electrons. The van der Waals surface area contributed by atoms with Gasteiger partial charge in [-0.25, -0.2) is 19.5 Å². The minimum atomic E-state index is -4.63. The van der Waals surface area contributed by atoms with Crippen LogP contribution < -0.4 is 0 Å². The minimum Gasteiger partial charge on any atom is -0.465 e. The molecule has 6 nitrogen and oxygen atoms in total. The van der Waals surface area contributed by atoms with Crippen LogP contribution in [-0.4, -0.2) is 27.8 Å². The molecule has 0 saturated heterocycles. The number of carbonyl (C=O) groups excluding carboxylic acids is 1. The standard InChI is InChI=1S/C14H10F3N3O3/c1-7-10(6-18)11(20(13(22)23)12(21)19-7)8-3-2-4-9(5-8)14(15,16)17/h2-5,10-11H,1H3,(H,22,23). The van der Waals surface area contributed by atoms with Crippen molar-refractivity contribution in [2.75, 3.05) is 0 Å². The van der Waals surface area contributed by atoms with Crippen LogP contribution in [0.3, 0.4) is 0 Å². The van der Waals surface area contributed by atoms with Gasteiger partial charge in [-0.2, -0.15) is 18.4 Å². The lowest BCUT2D eigenvalue weighted by molar-refractivity contribution is -0.137. The Kier molecular flexibility index (Phi) is 4.10. The fraction of sp³-hybridized carbons (Fsp3) is 0.286. The normalized spacial score (nSPS) is 21.6. The van der Waals surface area contributed by atoms with Crippen LogP contribution in [0.25, 0.3) is 0 Å². The van der Waals surface area contributed by atoms with E-state index in [1.54, 1.807) is 6.07 Å². The second-order valence-electron chi connectivity index (χ2n) is 4.86. The zero-order valence-corrected chi connectivity index (χ0v) is 11.7. The molecule has 23 heavy (non-hydrogen) atoms. The van der Waals surface area contributed by atoms with E-state index in [-0.39, 0.29) is 16.2 Å². The molecular formula is C14H10F3N3O3. The first kappa shape index (κ1) is 16.5. The molecule has 0 radical (unpaired) electrons. The highest BCUT2D eigenvalue weighted by molar-refractivity contribution is 6.04. The summed E-state index contributed by atoms with van der Waals surface area (Å²) in [5.74, 6) is -1.16. The molecule has 1 aliphatic rings. The van der Waals surface area contributed by atoms with Gasteiger partial charge < -0.3 is 5.11 Å². The summed E-state index contributed by atoms with van der Waals surface area (Å²) in [6.07, 6.45) is -6.32. The number of carboxylic acid groups (broad SMARTS) is 1. The van der Waals surface area contributed by atoms with Crippen LogP contribution in [0, 0.1) is 17.2 Å². The van der Waals surface area contributed by atoms with Gasteiger partial charge >= 0.3 is 18.3 Å². The maximum absolute atomic E-state index is 12.8. The second-order valence-corrected chi connectivity index (χ2v) is 4.86. The largest absolute Gasteiger partial charge is 0.465 e. The molecule has 0 fully saturated rings. The molecule has 1 aromatic rings. The van der Waals surface area contributed by atoms with Gasteiger partial charge in [-0.3, -0.25) is 0 Å². The van der Waals surface area contributed by atoms with Crippen molar-refractivity contribution in [2.45, 2.75) is 19.1 Å². The summed E-state index contributed by atoms with van der Waals surface area (Å²) < 4.78 is 38.5. The monoisotopic (exact) mass is 325 g/mol. The third-order valence-corrected chi connectivity index (χ3v) is 3.42. The van der Waals surface area contributed by atoms with E-state index in [1.165, 1.54) is 13.0 Å². The molecule has 3 amide bonds.